The summed E-state index contributed by atoms with van der Waals surface area (Å²) in [5, 5.41) is 0. The number of nitrogens with zero attached hydrogens (tertiary/aromatic N) is 2. The van der Waals surface area contributed by atoms with E-state index in [0.29, 0.717) is 5.92 Å². The van der Waals surface area contributed by atoms with E-state index in [9.17, 15) is 0 Å². The Kier molecular flexibility index (Phi) is 3.19. The summed E-state index contributed by atoms with van der Waals surface area (Å²) in [5.41, 5.74) is 2.15. The smallest absolute Gasteiger partial charge is 0.137 e. The first-order valence-electron chi connectivity index (χ1n) is 6.44. The van der Waals surface area contributed by atoms with E-state index in [1.165, 1.54) is 0 Å². The number of imidazole rings is 1. The molecule has 1 aliphatic heterocycles. The summed E-state index contributed by atoms with van der Waals surface area (Å²) in [6.07, 6.45) is 7.42. The third kappa shape index (κ3) is 2.34. The molecule has 96 valence electrons. The standard InChI is InChI=1S/C14H18N2O2/c1-17-13-2-3-14-15-12(9-16(14)10-13)8-11-4-6-18-7-5-11/h2-3,9-11H,4-8H2,1H3. The minimum absolute atomic E-state index is 0.713. The SMILES string of the molecule is COc1ccc2nc(CC3CCOCC3)cn2c1. The molecule has 0 saturated carbocycles. The van der Waals surface area contributed by atoms with Crippen molar-refractivity contribution >= 4 is 5.65 Å². The van der Waals surface area contributed by atoms with Crippen LogP contribution in [0.25, 0.3) is 5.65 Å². The summed E-state index contributed by atoms with van der Waals surface area (Å²) in [4.78, 5) is 4.65. The predicted molar refractivity (Wildman–Crippen MR) is 69.0 cm³/mol. The van der Waals surface area contributed by atoms with Gasteiger partial charge in [0.15, 0.2) is 0 Å². The maximum atomic E-state index is 5.38. The Labute approximate surface area is 107 Å². The molecule has 0 N–H and O–H groups in total. The number of aromatic nitrogens is 2. The number of hydrogen-bond acceptors (Lipinski definition) is 3. The van der Waals surface area contributed by atoms with Crippen molar-refractivity contribution in [1.82, 2.24) is 9.38 Å². The van der Waals surface area contributed by atoms with Crippen LogP contribution in [0.1, 0.15) is 18.5 Å². The molecule has 3 heterocycles. The van der Waals surface area contributed by atoms with Crippen molar-refractivity contribution in [3.63, 3.8) is 0 Å². The summed E-state index contributed by atoms with van der Waals surface area (Å²) in [6.45, 7) is 1.79. The molecule has 0 atom stereocenters. The predicted octanol–water partition coefficient (Wildman–Crippen LogP) is 2.31. The third-order valence-corrected chi connectivity index (χ3v) is 3.55. The minimum atomic E-state index is 0.713. The van der Waals surface area contributed by atoms with Gasteiger partial charge in [-0.15, -0.1) is 0 Å². The Morgan fingerprint density at radius 1 is 1.33 bits per heavy atom. The largest absolute Gasteiger partial charge is 0.495 e. The van der Waals surface area contributed by atoms with Gasteiger partial charge in [-0.3, -0.25) is 0 Å². The van der Waals surface area contributed by atoms with E-state index < -0.39 is 0 Å². The van der Waals surface area contributed by atoms with Crippen LogP contribution in [0.15, 0.2) is 24.5 Å². The molecule has 0 unspecified atom stereocenters. The highest BCUT2D eigenvalue weighted by Crippen LogP contribution is 2.20. The fourth-order valence-corrected chi connectivity index (χ4v) is 2.49. The molecule has 0 aliphatic carbocycles. The Hall–Kier alpha value is -1.55. The van der Waals surface area contributed by atoms with E-state index in [1.54, 1.807) is 7.11 Å². The van der Waals surface area contributed by atoms with Crippen LogP contribution in [0.4, 0.5) is 0 Å². The molecule has 1 saturated heterocycles. The summed E-state index contributed by atoms with van der Waals surface area (Å²) in [5.74, 6) is 1.57. The number of methoxy groups -OCH3 is 1. The van der Waals surface area contributed by atoms with E-state index in [1.807, 2.05) is 22.7 Å². The van der Waals surface area contributed by atoms with Crippen LogP contribution in [0.2, 0.25) is 0 Å². The Balaban J connectivity index is 1.79. The van der Waals surface area contributed by atoms with Crippen molar-refractivity contribution in [3.05, 3.63) is 30.2 Å². The summed E-state index contributed by atoms with van der Waals surface area (Å²) >= 11 is 0. The van der Waals surface area contributed by atoms with E-state index >= 15 is 0 Å². The highest BCUT2D eigenvalue weighted by atomic mass is 16.5. The van der Waals surface area contributed by atoms with Gasteiger partial charge in [-0.25, -0.2) is 4.98 Å². The normalized spacial score (nSPS) is 17.2. The van der Waals surface area contributed by atoms with Gasteiger partial charge in [0.2, 0.25) is 0 Å². The number of rotatable bonds is 3. The number of hydrogen-bond donors (Lipinski definition) is 0. The molecule has 0 radical (unpaired) electrons. The fourth-order valence-electron chi connectivity index (χ4n) is 2.49. The molecule has 2 aromatic heterocycles. The van der Waals surface area contributed by atoms with Crippen LogP contribution >= 0.6 is 0 Å². The molecule has 18 heavy (non-hydrogen) atoms. The van der Waals surface area contributed by atoms with Crippen molar-refractivity contribution in [2.45, 2.75) is 19.3 Å². The first-order valence-corrected chi connectivity index (χ1v) is 6.44. The zero-order valence-electron chi connectivity index (χ0n) is 10.6. The maximum absolute atomic E-state index is 5.38. The lowest BCUT2D eigenvalue weighted by Gasteiger charge is -2.20. The van der Waals surface area contributed by atoms with Crippen molar-refractivity contribution in [1.29, 1.82) is 0 Å². The van der Waals surface area contributed by atoms with Crippen LogP contribution < -0.4 is 4.74 Å². The van der Waals surface area contributed by atoms with Gasteiger partial charge in [0, 0.05) is 19.4 Å². The highest BCUT2D eigenvalue weighted by molar-refractivity contribution is 5.43. The minimum Gasteiger partial charge on any atom is -0.495 e. The van der Waals surface area contributed by atoms with Crippen LogP contribution in [-0.2, 0) is 11.2 Å². The fraction of sp³-hybridized carbons (Fsp3) is 0.500. The van der Waals surface area contributed by atoms with Crippen molar-refractivity contribution in [3.8, 4) is 5.75 Å². The molecule has 0 amide bonds. The van der Waals surface area contributed by atoms with Crippen molar-refractivity contribution in [2.24, 2.45) is 5.92 Å². The lowest BCUT2D eigenvalue weighted by atomic mass is 9.95. The monoisotopic (exact) mass is 246 g/mol. The Morgan fingerprint density at radius 2 is 2.17 bits per heavy atom. The quantitative estimate of drug-likeness (QED) is 0.833. The maximum Gasteiger partial charge on any atom is 0.137 e. The molecule has 2 aromatic rings. The van der Waals surface area contributed by atoms with Gasteiger partial charge in [0.05, 0.1) is 19.0 Å². The average molecular weight is 246 g/mol. The van der Waals surface area contributed by atoms with Crippen molar-refractivity contribution in [2.75, 3.05) is 20.3 Å². The van der Waals surface area contributed by atoms with E-state index in [4.69, 9.17) is 9.47 Å². The van der Waals surface area contributed by atoms with Gasteiger partial charge in [-0.05, 0) is 37.3 Å². The molecular weight excluding hydrogens is 228 g/mol. The molecule has 0 bridgehead atoms. The topological polar surface area (TPSA) is 35.8 Å². The second-order valence-electron chi connectivity index (χ2n) is 4.83. The van der Waals surface area contributed by atoms with Crippen LogP contribution in [-0.4, -0.2) is 29.7 Å². The lowest BCUT2D eigenvalue weighted by molar-refractivity contribution is 0.0663. The zero-order valence-corrected chi connectivity index (χ0v) is 10.6. The van der Waals surface area contributed by atoms with Crippen LogP contribution in [0, 0.1) is 5.92 Å². The molecule has 4 heteroatoms. The molecule has 0 spiro atoms. The third-order valence-electron chi connectivity index (χ3n) is 3.55. The summed E-state index contributed by atoms with van der Waals surface area (Å²) < 4.78 is 12.6. The Morgan fingerprint density at radius 3 is 2.94 bits per heavy atom. The van der Waals surface area contributed by atoms with Crippen molar-refractivity contribution < 1.29 is 9.47 Å². The van der Waals surface area contributed by atoms with Gasteiger partial charge >= 0.3 is 0 Å². The van der Waals surface area contributed by atoms with Gasteiger partial charge in [0.25, 0.3) is 0 Å². The zero-order chi connectivity index (χ0) is 12.4. The summed E-state index contributed by atoms with van der Waals surface area (Å²) in [6, 6.07) is 3.94. The second-order valence-corrected chi connectivity index (χ2v) is 4.83. The van der Waals surface area contributed by atoms with E-state index in [2.05, 4.69) is 11.2 Å². The molecule has 3 rings (SSSR count). The molecule has 4 nitrogen and oxygen atoms in total. The summed E-state index contributed by atoms with van der Waals surface area (Å²) in [7, 11) is 1.68. The van der Waals surface area contributed by atoms with Gasteiger partial charge in [-0.1, -0.05) is 0 Å². The number of fused-ring (bicyclic) bond motifs is 1. The Bertz CT molecular complexity index is 530. The number of ether oxygens (including phenoxy) is 2. The average Bonchev–Trinajstić information content (AvgIpc) is 2.80. The highest BCUT2D eigenvalue weighted by Gasteiger charge is 2.15. The lowest BCUT2D eigenvalue weighted by Crippen LogP contribution is -2.17. The van der Waals surface area contributed by atoms with E-state index in [0.717, 1.165) is 49.6 Å². The van der Waals surface area contributed by atoms with Gasteiger partial charge in [-0.2, -0.15) is 0 Å². The molecule has 1 aliphatic rings. The van der Waals surface area contributed by atoms with E-state index in [-0.39, 0.29) is 0 Å². The van der Waals surface area contributed by atoms with Crippen LogP contribution in [0.3, 0.4) is 0 Å². The molecular formula is C14H18N2O2. The first kappa shape index (κ1) is 11.5. The molecule has 1 fully saturated rings. The number of pyridine rings is 1. The first-order chi connectivity index (χ1) is 8.85. The molecule has 0 aromatic carbocycles. The van der Waals surface area contributed by atoms with Gasteiger partial charge < -0.3 is 13.9 Å². The van der Waals surface area contributed by atoms with Gasteiger partial charge in [0.1, 0.15) is 11.4 Å². The van der Waals surface area contributed by atoms with Crippen LogP contribution in [0.5, 0.6) is 5.75 Å². The second kappa shape index (κ2) is 4.98.